The number of allylic oxidation sites excluding steroid dienone is 4. The van der Waals surface area contributed by atoms with Crippen LogP contribution in [0.5, 0.6) is 5.75 Å². The number of aryl methyl sites for hydroxylation is 5. The topological polar surface area (TPSA) is 73.0 Å². The first-order valence-electron chi connectivity index (χ1n) is 20.0. The van der Waals surface area contributed by atoms with E-state index in [-0.39, 0.29) is 30.2 Å². The van der Waals surface area contributed by atoms with Crippen molar-refractivity contribution in [3.05, 3.63) is 215 Å². The average Bonchev–Trinajstić information content (AvgIpc) is 3.24. The molecule has 0 aliphatic heterocycles. The molecule has 4 aromatic carbocycles. The van der Waals surface area contributed by atoms with E-state index in [0.717, 1.165) is 63.9 Å². The molecular weight excluding hydrogens is 831 g/mol. The van der Waals surface area contributed by atoms with Crippen LogP contribution in [0.4, 0.5) is 37.7 Å². The monoisotopic (exact) mass is 874 g/mol. The van der Waals surface area contributed by atoms with E-state index in [0.29, 0.717) is 11.1 Å². The minimum absolute atomic E-state index is 0.0157. The molecule has 0 unspecified atom stereocenters. The Balaban J connectivity index is 0.000000212. The number of halogens is 6. The maximum atomic E-state index is 13.6. The van der Waals surface area contributed by atoms with Gasteiger partial charge >= 0.3 is 12.4 Å². The van der Waals surface area contributed by atoms with Crippen LogP contribution >= 0.6 is 0 Å². The number of pyridine rings is 2. The molecule has 6 aromatic rings. The molecule has 64 heavy (non-hydrogen) atoms. The van der Waals surface area contributed by atoms with Crippen LogP contribution in [-0.2, 0) is 25.4 Å². The summed E-state index contributed by atoms with van der Waals surface area (Å²) in [4.78, 5) is 31.7. The van der Waals surface area contributed by atoms with Crippen LogP contribution in [0.3, 0.4) is 0 Å². The molecule has 0 saturated carbocycles. The number of hydrogen-bond acceptors (Lipinski definition) is 3. The molecule has 1 N–H and O–H groups in total. The summed E-state index contributed by atoms with van der Waals surface area (Å²) in [5.41, 5.74) is 1.09. The average molecular weight is 875 g/mol. The number of phenols is 1. The number of phenolic OH excluding ortho intramolecular Hbond substituents is 1. The van der Waals surface area contributed by atoms with Gasteiger partial charge in [0.15, 0.2) is 0 Å². The van der Waals surface area contributed by atoms with Crippen molar-refractivity contribution in [2.75, 3.05) is 0 Å². The van der Waals surface area contributed by atoms with Crippen LogP contribution < -0.4 is 11.1 Å². The molecule has 1 aliphatic carbocycles. The quantitative estimate of drug-likeness (QED) is 0.103. The number of benzene rings is 4. The molecule has 2 aromatic heterocycles. The lowest BCUT2D eigenvalue weighted by molar-refractivity contribution is -0.137. The molecule has 0 bridgehead atoms. The summed E-state index contributed by atoms with van der Waals surface area (Å²) in [5, 5.41) is 9.50. The van der Waals surface area contributed by atoms with Gasteiger partial charge in [-0.2, -0.15) is 26.3 Å². The predicted molar refractivity (Wildman–Crippen MR) is 239 cm³/mol. The standard InChI is InChI=1S/C23H19F3N2O.C22H17F3N2O2.C6H8/c1-14-5-8-17(9-6-14)20-12-19(23(24,25)26)21(27-4)22(29)28(20)13-18-10-7-15(2)11-16(18)3;1-13-4-5-16(14(2)10-13)12-27-19(15-6-8-17(28)9-7-15)11-18(22(23,24)25)20(26-3)21(27)29;1-2-4-6-5-3-1/h5-12H,13H2,1-3H3;4-11,28H,12H2,1-2H3;1-2,5-6H,3-4H2. The van der Waals surface area contributed by atoms with Crippen molar-refractivity contribution in [1.82, 2.24) is 9.13 Å². The molecule has 0 radical (unpaired) electrons. The normalized spacial score (nSPS) is 12.0. The largest absolute Gasteiger partial charge is 0.508 e. The molecule has 328 valence electrons. The predicted octanol–water partition coefficient (Wildman–Crippen LogP) is 13.4. The van der Waals surface area contributed by atoms with Crippen LogP contribution in [0.1, 0.15) is 62.9 Å². The van der Waals surface area contributed by atoms with E-state index >= 15 is 0 Å². The zero-order valence-electron chi connectivity index (χ0n) is 35.7. The first kappa shape index (κ1) is 47.7. The van der Waals surface area contributed by atoms with Crippen LogP contribution in [0.15, 0.2) is 131 Å². The molecule has 0 amide bonds. The molecule has 0 saturated heterocycles. The van der Waals surface area contributed by atoms with Gasteiger partial charge in [-0.1, -0.05) is 102 Å². The summed E-state index contributed by atoms with van der Waals surface area (Å²) in [5.74, 6) is -0.0501. The smallest absolute Gasteiger partial charge is 0.407 e. The highest BCUT2D eigenvalue weighted by Crippen LogP contribution is 2.39. The van der Waals surface area contributed by atoms with Gasteiger partial charge < -0.3 is 14.2 Å². The lowest BCUT2D eigenvalue weighted by Crippen LogP contribution is -2.25. The zero-order valence-corrected chi connectivity index (χ0v) is 35.7. The Labute approximate surface area is 367 Å². The molecule has 2 heterocycles. The fourth-order valence-corrected chi connectivity index (χ4v) is 7.00. The van der Waals surface area contributed by atoms with E-state index in [1.54, 1.807) is 24.3 Å². The lowest BCUT2D eigenvalue weighted by Gasteiger charge is -2.19. The fraction of sp³-hybridized carbons (Fsp3) is 0.216. The molecule has 7 rings (SSSR count). The molecule has 0 atom stereocenters. The highest BCUT2D eigenvalue weighted by molar-refractivity contribution is 5.68. The van der Waals surface area contributed by atoms with Crippen molar-refractivity contribution in [2.45, 2.75) is 72.9 Å². The molecule has 1 aliphatic rings. The highest BCUT2D eigenvalue weighted by Gasteiger charge is 2.37. The van der Waals surface area contributed by atoms with Gasteiger partial charge in [0.2, 0.25) is 0 Å². The molecule has 7 nitrogen and oxygen atoms in total. The third-order valence-corrected chi connectivity index (χ3v) is 10.4. The molecule has 0 fully saturated rings. The summed E-state index contributed by atoms with van der Waals surface area (Å²) in [6, 6.07) is 25.4. The summed E-state index contributed by atoms with van der Waals surface area (Å²) >= 11 is 0. The van der Waals surface area contributed by atoms with Crippen molar-refractivity contribution < 1.29 is 31.4 Å². The first-order valence-corrected chi connectivity index (χ1v) is 20.0. The van der Waals surface area contributed by atoms with Crippen molar-refractivity contribution in [3.8, 4) is 28.3 Å². The van der Waals surface area contributed by atoms with Crippen LogP contribution in [0.25, 0.3) is 32.2 Å². The Kier molecular flexibility index (Phi) is 15.0. The maximum Gasteiger partial charge on any atom is 0.407 e. The second-order valence-corrected chi connectivity index (χ2v) is 15.3. The van der Waals surface area contributed by atoms with Crippen LogP contribution in [0.2, 0.25) is 0 Å². The molecule has 13 heteroatoms. The van der Waals surface area contributed by atoms with Crippen molar-refractivity contribution in [3.63, 3.8) is 0 Å². The Bertz CT molecular complexity index is 2720. The first-order chi connectivity index (χ1) is 30.2. The maximum absolute atomic E-state index is 13.6. The third-order valence-electron chi connectivity index (χ3n) is 10.4. The van der Waals surface area contributed by atoms with Gasteiger partial charge in [0, 0.05) is 11.4 Å². The van der Waals surface area contributed by atoms with Gasteiger partial charge in [0.1, 0.15) is 5.75 Å². The van der Waals surface area contributed by atoms with E-state index in [1.165, 1.54) is 33.4 Å². The highest BCUT2D eigenvalue weighted by atomic mass is 19.4. The second kappa shape index (κ2) is 20.2. The molecule has 0 spiro atoms. The van der Waals surface area contributed by atoms with Gasteiger partial charge in [0.25, 0.3) is 22.5 Å². The Morgan fingerprint density at radius 2 is 0.875 bits per heavy atom. The number of aromatic hydroxyl groups is 1. The number of aromatic nitrogens is 2. The Morgan fingerprint density at radius 3 is 1.19 bits per heavy atom. The summed E-state index contributed by atoms with van der Waals surface area (Å²) < 4.78 is 83.6. The van der Waals surface area contributed by atoms with Crippen molar-refractivity contribution in [2.24, 2.45) is 0 Å². The van der Waals surface area contributed by atoms with Crippen LogP contribution in [0, 0.1) is 47.8 Å². The van der Waals surface area contributed by atoms with Gasteiger partial charge in [-0.05, 0) is 117 Å². The lowest BCUT2D eigenvalue weighted by atomic mass is 10.0. The van der Waals surface area contributed by atoms with Crippen LogP contribution in [-0.4, -0.2) is 14.2 Å². The third kappa shape index (κ3) is 11.5. The van der Waals surface area contributed by atoms with E-state index in [4.69, 9.17) is 13.1 Å². The van der Waals surface area contributed by atoms with E-state index in [2.05, 4.69) is 34.0 Å². The summed E-state index contributed by atoms with van der Waals surface area (Å²) in [7, 11) is 0. The Hall–Kier alpha value is -7.38. The SMILES string of the molecule is C1=CCC=CC1.[C-]#[N+]c1c(C(F)(F)F)cc(-c2ccc(C)cc2)n(Cc2ccc(C)cc2C)c1=O.[C-]#[N+]c1c(C(F)(F)F)cc(-c2ccc(O)cc2)n(Cc2ccc(C)cc2C)c1=O. The van der Waals surface area contributed by atoms with E-state index in [1.807, 2.05) is 71.0 Å². The van der Waals surface area contributed by atoms with E-state index < -0.39 is 46.0 Å². The van der Waals surface area contributed by atoms with Gasteiger partial charge in [0.05, 0.1) is 37.4 Å². The minimum Gasteiger partial charge on any atom is -0.508 e. The van der Waals surface area contributed by atoms with Gasteiger partial charge in [-0.25, -0.2) is 9.69 Å². The van der Waals surface area contributed by atoms with E-state index in [9.17, 15) is 41.0 Å². The summed E-state index contributed by atoms with van der Waals surface area (Å²) in [6.07, 6.45) is 1.36. The second-order valence-electron chi connectivity index (χ2n) is 15.3. The number of alkyl halides is 6. The molecular formula is C51H44F6N4O3. The number of rotatable bonds is 6. The van der Waals surface area contributed by atoms with Gasteiger partial charge in [-0.15, -0.1) is 0 Å². The Morgan fingerprint density at radius 1 is 0.531 bits per heavy atom. The van der Waals surface area contributed by atoms with Crippen molar-refractivity contribution in [1.29, 1.82) is 0 Å². The van der Waals surface area contributed by atoms with Crippen molar-refractivity contribution >= 4 is 11.4 Å². The zero-order chi connectivity index (χ0) is 46.9. The fourth-order valence-electron chi connectivity index (χ4n) is 7.00. The minimum atomic E-state index is -4.84. The number of hydrogen-bond donors (Lipinski definition) is 1. The summed E-state index contributed by atoms with van der Waals surface area (Å²) in [6.45, 7) is 23.9. The van der Waals surface area contributed by atoms with Gasteiger partial charge in [-0.3, -0.25) is 9.59 Å². The number of nitrogens with zero attached hydrogens (tertiary/aromatic N) is 4.